The largest absolute Gasteiger partial charge is 0.444 e. The lowest BCUT2D eigenvalue weighted by atomic mass is 10.1. The molecule has 0 aliphatic carbocycles. The van der Waals surface area contributed by atoms with Crippen LogP contribution >= 0.6 is 0 Å². The Labute approximate surface area is 119 Å². The van der Waals surface area contributed by atoms with Crippen LogP contribution in [-0.2, 0) is 4.74 Å². The average Bonchev–Trinajstić information content (AvgIpc) is 2.36. The van der Waals surface area contributed by atoms with Crippen molar-refractivity contribution in [1.82, 2.24) is 5.32 Å². The maximum absolute atomic E-state index is 13.6. The zero-order valence-electron chi connectivity index (χ0n) is 11.8. The van der Waals surface area contributed by atoms with Gasteiger partial charge >= 0.3 is 6.09 Å². The van der Waals surface area contributed by atoms with Crippen LogP contribution < -0.4 is 11.1 Å². The van der Waals surface area contributed by atoms with Gasteiger partial charge in [-0.3, -0.25) is 0 Å². The van der Waals surface area contributed by atoms with E-state index in [1.807, 2.05) is 0 Å². The average molecular weight is 308 g/mol. The summed E-state index contributed by atoms with van der Waals surface area (Å²) in [5.41, 5.74) is 3.93. The first-order valence-corrected chi connectivity index (χ1v) is 6.09. The van der Waals surface area contributed by atoms with Crippen molar-refractivity contribution in [2.24, 2.45) is 5.73 Å². The summed E-state index contributed by atoms with van der Waals surface area (Å²) in [5.74, 6) is -7.08. The van der Waals surface area contributed by atoms with E-state index in [0.29, 0.717) is 6.07 Å². The van der Waals surface area contributed by atoms with Gasteiger partial charge in [-0.1, -0.05) is 0 Å². The Morgan fingerprint density at radius 1 is 1.24 bits per heavy atom. The molecule has 0 spiro atoms. The molecule has 1 amide bonds. The van der Waals surface area contributed by atoms with Crippen molar-refractivity contribution >= 4 is 6.09 Å². The SMILES string of the molecule is CC(C)(C)OC(=O)NC(CN)c1cc(F)c(F)c(F)c1F. The number of hydrogen-bond acceptors (Lipinski definition) is 3. The summed E-state index contributed by atoms with van der Waals surface area (Å²) < 4.78 is 57.8. The molecule has 3 N–H and O–H groups in total. The number of nitrogens with two attached hydrogens (primary N) is 1. The number of halogens is 4. The molecule has 0 saturated heterocycles. The van der Waals surface area contributed by atoms with Gasteiger partial charge in [-0.25, -0.2) is 22.4 Å². The van der Waals surface area contributed by atoms with Gasteiger partial charge < -0.3 is 15.8 Å². The number of carbonyl (C=O) groups excluding carboxylic acids is 1. The molecular weight excluding hydrogens is 292 g/mol. The second kappa shape index (κ2) is 6.30. The molecule has 0 fully saturated rings. The van der Waals surface area contributed by atoms with E-state index >= 15 is 0 Å². The van der Waals surface area contributed by atoms with Gasteiger partial charge in [-0.05, 0) is 26.8 Å². The number of hydrogen-bond donors (Lipinski definition) is 2. The second-order valence-electron chi connectivity index (χ2n) is 5.32. The fraction of sp³-hybridized carbons (Fsp3) is 0.462. The Morgan fingerprint density at radius 3 is 2.29 bits per heavy atom. The van der Waals surface area contributed by atoms with Crippen molar-refractivity contribution in [3.05, 3.63) is 34.9 Å². The van der Waals surface area contributed by atoms with Crippen molar-refractivity contribution in [3.8, 4) is 0 Å². The molecular formula is C13H16F4N2O2. The Morgan fingerprint density at radius 2 is 1.81 bits per heavy atom. The fourth-order valence-corrected chi connectivity index (χ4v) is 1.56. The normalized spacial score (nSPS) is 13.0. The molecule has 118 valence electrons. The Balaban J connectivity index is 3.04. The lowest BCUT2D eigenvalue weighted by molar-refractivity contribution is 0.0504. The molecule has 1 atom stereocenters. The molecule has 0 bridgehead atoms. The van der Waals surface area contributed by atoms with Gasteiger partial charge in [0, 0.05) is 12.1 Å². The lowest BCUT2D eigenvalue weighted by Gasteiger charge is -2.23. The highest BCUT2D eigenvalue weighted by Crippen LogP contribution is 2.23. The van der Waals surface area contributed by atoms with E-state index in [9.17, 15) is 22.4 Å². The van der Waals surface area contributed by atoms with E-state index in [2.05, 4.69) is 5.32 Å². The minimum atomic E-state index is -1.96. The molecule has 1 rings (SSSR count). The topological polar surface area (TPSA) is 64.3 Å². The number of ether oxygens (including phenoxy) is 1. The van der Waals surface area contributed by atoms with Crippen molar-refractivity contribution in [1.29, 1.82) is 0 Å². The third-order valence-corrected chi connectivity index (χ3v) is 2.43. The Kier molecular flexibility index (Phi) is 5.16. The second-order valence-corrected chi connectivity index (χ2v) is 5.32. The first-order valence-electron chi connectivity index (χ1n) is 6.09. The zero-order valence-corrected chi connectivity index (χ0v) is 11.8. The summed E-state index contributed by atoms with van der Waals surface area (Å²) in [7, 11) is 0. The summed E-state index contributed by atoms with van der Waals surface area (Å²) in [6.45, 7) is 4.44. The smallest absolute Gasteiger partial charge is 0.408 e. The Bertz CT molecular complexity index is 544. The van der Waals surface area contributed by atoms with Crippen LogP contribution in [0.2, 0.25) is 0 Å². The molecule has 21 heavy (non-hydrogen) atoms. The standard InChI is InChI=1S/C13H16F4N2O2/c1-13(2,3)21-12(20)19-8(5-18)6-4-7(14)10(16)11(17)9(6)15/h4,8H,5,18H2,1-3H3,(H,19,20). The summed E-state index contributed by atoms with van der Waals surface area (Å²) in [6.07, 6.45) is -0.942. The maximum Gasteiger partial charge on any atom is 0.408 e. The van der Waals surface area contributed by atoms with Gasteiger partial charge in [0.25, 0.3) is 0 Å². The first-order chi connectivity index (χ1) is 9.56. The van der Waals surface area contributed by atoms with E-state index in [0.717, 1.165) is 0 Å². The van der Waals surface area contributed by atoms with Gasteiger partial charge in [0.1, 0.15) is 5.60 Å². The first kappa shape index (κ1) is 17.2. The molecule has 0 heterocycles. The molecule has 1 unspecified atom stereocenters. The molecule has 0 aromatic heterocycles. The van der Waals surface area contributed by atoms with Gasteiger partial charge in [-0.15, -0.1) is 0 Å². The number of benzene rings is 1. The third kappa shape index (κ3) is 4.32. The molecule has 8 heteroatoms. The van der Waals surface area contributed by atoms with Crippen LogP contribution in [0.3, 0.4) is 0 Å². The van der Waals surface area contributed by atoms with Crippen molar-refractivity contribution < 1.29 is 27.1 Å². The highest BCUT2D eigenvalue weighted by molar-refractivity contribution is 5.68. The van der Waals surface area contributed by atoms with E-state index in [4.69, 9.17) is 10.5 Å². The molecule has 1 aromatic rings. The highest BCUT2D eigenvalue weighted by atomic mass is 19.2. The third-order valence-electron chi connectivity index (χ3n) is 2.43. The van der Waals surface area contributed by atoms with Crippen LogP contribution in [0, 0.1) is 23.3 Å². The number of nitrogens with one attached hydrogen (secondary N) is 1. The summed E-state index contributed by atoms with van der Waals surface area (Å²) >= 11 is 0. The van der Waals surface area contributed by atoms with Crippen LogP contribution in [0.4, 0.5) is 22.4 Å². The number of alkyl carbamates (subject to hydrolysis) is 1. The lowest BCUT2D eigenvalue weighted by Crippen LogP contribution is -2.38. The minimum absolute atomic E-state index is 0.360. The molecule has 4 nitrogen and oxygen atoms in total. The van der Waals surface area contributed by atoms with Crippen LogP contribution in [-0.4, -0.2) is 18.2 Å². The summed E-state index contributed by atoms with van der Waals surface area (Å²) in [4.78, 5) is 11.6. The number of amides is 1. The van der Waals surface area contributed by atoms with Crippen LogP contribution in [0.5, 0.6) is 0 Å². The summed E-state index contributed by atoms with van der Waals surface area (Å²) in [6, 6.07) is -0.813. The molecule has 0 saturated carbocycles. The van der Waals surface area contributed by atoms with E-state index in [-0.39, 0.29) is 6.54 Å². The van der Waals surface area contributed by atoms with Gasteiger partial charge in [0.05, 0.1) is 6.04 Å². The predicted octanol–water partition coefficient (Wildman–Crippen LogP) is 2.77. The molecule has 0 aliphatic rings. The van der Waals surface area contributed by atoms with Crippen LogP contribution in [0.25, 0.3) is 0 Å². The maximum atomic E-state index is 13.6. The molecule has 0 radical (unpaired) electrons. The monoisotopic (exact) mass is 308 g/mol. The van der Waals surface area contributed by atoms with Gasteiger partial charge in [0.15, 0.2) is 23.3 Å². The highest BCUT2D eigenvalue weighted by Gasteiger charge is 2.26. The zero-order chi connectivity index (χ0) is 16.4. The number of rotatable bonds is 3. The quantitative estimate of drug-likeness (QED) is 0.513. The van der Waals surface area contributed by atoms with Crippen molar-refractivity contribution in [2.75, 3.05) is 6.54 Å². The van der Waals surface area contributed by atoms with E-state index < -0.39 is 46.6 Å². The number of carbonyl (C=O) groups is 1. The fourth-order valence-electron chi connectivity index (χ4n) is 1.56. The van der Waals surface area contributed by atoms with E-state index in [1.165, 1.54) is 0 Å². The minimum Gasteiger partial charge on any atom is -0.444 e. The van der Waals surface area contributed by atoms with E-state index in [1.54, 1.807) is 20.8 Å². The molecule has 1 aromatic carbocycles. The van der Waals surface area contributed by atoms with Gasteiger partial charge in [0.2, 0.25) is 0 Å². The van der Waals surface area contributed by atoms with Crippen LogP contribution in [0.15, 0.2) is 6.07 Å². The Hall–Kier alpha value is -1.83. The van der Waals surface area contributed by atoms with Crippen molar-refractivity contribution in [3.63, 3.8) is 0 Å². The molecule has 0 aliphatic heterocycles. The predicted molar refractivity (Wildman–Crippen MR) is 67.4 cm³/mol. The van der Waals surface area contributed by atoms with Crippen molar-refractivity contribution in [2.45, 2.75) is 32.4 Å². The summed E-state index contributed by atoms with van der Waals surface area (Å²) in [5, 5.41) is 2.17. The van der Waals surface area contributed by atoms with Gasteiger partial charge in [-0.2, -0.15) is 0 Å². The van der Waals surface area contributed by atoms with Crippen LogP contribution in [0.1, 0.15) is 32.4 Å².